The molecule has 104 valence electrons. The summed E-state index contributed by atoms with van der Waals surface area (Å²) in [4.78, 5) is 8.02. The molecule has 3 rings (SSSR count). The first-order valence-corrected chi connectivity index (χ1v) is 6.99. The van der Waals surface area contributed by atoms with E-state index in [4.69, 9.17) is 4.42 Å². The molecule has 20 heavy (non-hydrogen) atoms. The van der Waals surface area contributed by atoms with Gasteiger partial charge in [-0.05, 0) is 49.8 Å². The topological polar surface area (TPSA) is 53.9 Å². The summed E-state index contributed by atoms with van der Waals surface area (Å²) in [5.41, 5.74) is 3.48. The number of likely N-dealkylation sites (N-methyl/N-ethyl adjacent to an activating group) is 1. The van der Waals surface area contributed by atoms with Gasteiger partial charge in [-0.15, -0.1) is 0 Å². The van der Waals surface area contributed by atoms with Crippen LogP contribution in [0.3, 0.4) is 0 Å². The van der Waals surface area contributed by atoms with Gasteiger partial charge >= 0.3 is 0 Å². The Labute approximate surface area is 118 Å². The normalized spacial score (nSPS) is 11.2. The van der Waals surface area contributed by atoms with Crippen molar-refractivity contribution in [3.63, 3.8) is 0 Å². The van der Waals surface area contributed by atoms with Gasteiger partial charge in [0.25, 0.3) is 0 Å². The number of nitrogens with zero attached hydrogens (tertiary/aromatic N) is 1. The van der Waals surface area contributed by atoms with Crippen molar-refractivity contribution in [1.29, 1.82) is 0 Å². The predicted octanol–water partition coefficient (Wildman–Crippen LogP) is 2.70. The Morgan fingerprint density at radius 2 is 2.15 bits per heavy atom. The maximum Gasteiger partial charge on any atom is 0.107 e. The number of aryl methyl sites for hydroxylation is 2. The van der Waals surface area contributed by atoms with Crippen molar-refractivity contribution in [3.05, 3.63) is 53.7 Å². The van der Waals surface area contributed by atoms with Gasteiger partial charge < -0.3 is 14.7 Å². The van der Waals surface area contributed by atoms with E-state index in [9.17, 15) is 0 Å². The van der Waals surface area contributed by atoms with Crippen LogP contribution in [0.2, 0.25) is 0 Å². The maximum atomic E-state index is 5.34. The average Bonchev–Trinajstić information content (AvgIpc) is 3.11. The van der Waals surface area contributed by atoms with Gasteiger partial charge in [0.2, 0.25) is 0 Å². The van der Waals surface area contributed by atoms with Gasteiger partial charge in [0.05, 0.1) is 17.3 Å². The molecule has 2 aromatic heterocycles. The number of imidazole rings is 1. The van der Waals surface area contributed by atoms with Gasteiger partial charge in [0.15, 0.2) is 0 Å². The molecule has 0 saturated heterocycles. The Bertz CT molecular complexity index is 670. The molecule has 0 radical (unpaired) electrons. The second-order valence-corrected chi connectivity index (χ2v) is 4.97. The second-order valence-electron chi connectivity index (χ2n) is 4.97. The lowest BCUT2D eigenvalue weighted by molar-refractivity contribution is 0.507. The lowest BCUT2D eigenvalue weighted by Gasteiger charge is -1.99. The zero-order valence-corrected chi connectivity index (χ0v) is 11.6. The largest absolute Gasteiger partial charge is 0.469 e. The minimum atomic E-state index is 0.869. The number of rotatable bonds is 6. The molecular weight excluding hydrogens is 250 g/mol. The third kappa shape index (κ3) is 2.91. The van der Waals surface area contributed by atoms with Crippen LogP contribution in [0.5, 0.6) is 0 Å². The Morgan fingerprint density at radius 3 is 2.95 bits per heavy atom. The fourth-order valence-corrected chi connectivity index (χ4v) is 2.35. The summed E-state index contributed by atoms with van der Waals surface area (Å²) in [7, 11) is 1.97. The molecule has 0 aliphatic carbocycles. The van der Waals surface area contributed by atoms with E-state index in [1.165, 1.54) is 5.56 Å². The number of fused-ring (bicyclic) bond motifs is 1. The average molecular weight is 269 g/mol. The summed E-state index contributed by atoms with van der Waals surface area (Å²) in [6.07, 6.45) is 4.49. The van der Waals surface area contributed by atoms with Crippen molar-refractivity contribution in [1.82, 2.24) is 15.3 Å². The van der Waals surface area contributed by atoms with Crippen molar-refractivity contribution >= 4 is 11.0 Å². The molecule has 0 unspecified atom stereocenters. The van der Waals surface area contributed by atoms with Crippen LogP contribution in [0.1, 0.15) is 17.1 Å². The van der Waals surface area contributed by atoms with Crippen molar-refractivity contribution in [3.8, 4) is 0 Å². The van der Waals surface area contributed by atoms with Crippen molar-refractivity contribution in [2.75, 3.05) is 13.6 Å². The van der Waals surface area contributed by atoms with E-state index in [2.05, 4.69) is 33.5 Å². The van der Waals surface area contributed by atoms with Crippen LogP contribution in [-0.2, 0) is 19.3 Å². The summed E-state index contributed by atoms with van der Waals surface area (Å²) in [6.45, 7) is 0.991. The van der Waals surface area contributed by atoms with E-state index >= 15 is 0 Å². The first kappa shape index (κ1) is 12.9. The third-order valence-corrected chi connectivity index (χ3v) is 3.45. The van der Waals surface area contributed by atoms with E-state index in [1.807, 2.05) is 19.2 Å². The SMILES string of the molecule is CNCCc1ccc2nc(CCc3ccco3)[nH]c2c1. The van der Waals surface area contributed by atoms with Crippen molar-refractivity contribution in [2.24, 2.45) is 0 Å². The Morgan fingerprint density at radius 1 is 1.20 bits per heavy atom. The smallest absolute Gasteiger partial charge is 0.107 e. The number of aromatic nitrogens is 2. The second kappa shape index (κ2) is 5.92. The molecule has 4 heteroatoms. The first-order chi connectivity index (χ1) is 9.85. The summed E-state index contributed by atoms with van der Waals surface area (Å²) >= 11 is 0. The number of hydrogen-bond acceptors (Lipinski definition) is 3. The Kier molecular flexibility index (Phi) is 3.83. The van der Waals surface area contributed by atoms with E-state index in [0.29, 0.717) is 0 Å². The number of hydrogen-bond donors (Lipinski definition) is 2. The number of benzene rings is 1. The lowest BCUT2D eigenvalue weighted by atomic mass is 10.1. The highest BCUT2D eigenvalue weighted by Gasteiger charge is 2.05. The van der Waals surface area contributed by atoms with Gasteiger partial charge in [0, 0.05) is 12.8 Å². The van der Waals surface area contributed by atoms with E-state index in [-0.39, 0.29) is 0 Å². The molecule has 0 fully saturated rings. The molecule has 4 nitrogen and oxygen atoms in total. The molecule has 0 bridgehead atoms. The fraction of sp³-hybridized carbons (Fsp3) is 0.312. The van der Waals surface area contributed by atoms with Crippen molar-refractivity contribution in [2.45, 2.75) is 19.3 Å². The van der Waals surface area contributed by atoms with Crippen molar-refractivity contribution < 1.29 is 4.42 Å². The van der Waals surface area contributed by atoms with Crippen LogP contribution in [0.25, 0.3) is 11.0 Å². The van der Waals surface area contributed by atoms with Crippen LogP contribution in [-0.4, -0.2) is 23.6 Å². The van der Waals surface area contributed by atoms with Crippen LogP contribution in [0.4, 0.5) is 0 Å². The van der Waals surface area contributed by atoms with E-state index in [1.54, 1.807) is 6.26 Å². The molecule has 0 aliphatic rings. The summed E-state index contributed by atoms with van der Waals surface area (Å²) in [6, 6.07) is 10.3. The molecule has 0 atom stereocenters. The van der Waals surface area contributed by atoms with Gasteiger partial charge in [-0.3, -0.25) is 0 Å². The monoisotopic (exact) mass is 269 g/mol. The first-order valence-electron chi connectivity index (χ1n) is 6.99. The van der Waals surface area contributed by atoms with E-state index in [0.717, 1.165) is 48.4 Å². The highest BCUT2D eigenvalue weighted by atomic mass is 16.3. The molecule has 3 aromatic rings. The number of furan rings is 1. The summed E-state index contributed by atoms with van der Waals surface area (Å²) < 4.78 is 5.34. The number of H-pyrrole nitrogens is 1. The molecule has 2 heterocycles. The minimum Gasteiger partial charge on any atom is -0.469 e. The highest BCUT2D eigenvalue weighted by molar-refractivity contribution is 5.75. The van der Waals surface area contributed by atoms with Gasteiger partial charge in [-0.1, -0.05) is 6.07 Å². The number of nitrogens with one attached hydrogen (secondary N) is 2. The molecule has 1 aromatic carbocycles. The minimum absolute atomic E-state index is 0.869. The Hall–Kier alpha value is -2.07. The van der Waals surface area contributed by atoms with Crippen LogP contribution in [0.15, 0.2) is 41.0 Å². The molecule has 2 N–H and O–H groups in total. The molecule has 0 spiro atoms. The highest BCUT2D eigenvalue weighted by Crippen LogP contribution is 2.15. The van der Waals surface area contributed by atoms with Gasteiger partial charge in [-0.25, -0.2) is 4.98 Å². The van der Waals surface area contributed by atoms with Crippen LogP contribution >= 0.6 is 0 Å². The molecule has 0 saturated carbocycles. The summed E-state index contributed by atoms with van der Waals surface area (Å²) in [5.74, 6) is 2.02. The van der Waals surface area contributed by atoms with Crippen LogP contribution < -0.4 is 5.32 Å². The zero-order valence-electron chi connectivity index (χ0n) is 11.6. The molecule has 0 aliphatic heterocycles. The van der Waals surface area contributed by atoms with Gasteiger partial charge in [0.1, 0.15) is 11.6 Å². The standard InChI is InChI=1S/C16H19N3O/c1-17-9-8-12-4-6-14-15(11-12)19-16(18-14)7-5-13-3-2-10-20-13/h2-4,6,10-11,17H,5,7-9H2,1H3,(H,18,19). The quantitative estimate of drug-likeness (QED) is 0.723. The lowest BCUT2D eigenvalue weighted by Crippen LogP contribution is -2.10. The predicted molar refractivity (Wildman–Crippen MR) is 79.8 cm³/mol. The summed E-state index contributed by atoms with van der Waals surface area (Å²) in [5, 5.41) is 3.17. The van der Waals surface area contributed by atoms with Crippen LogP contribution in [0, 0.1) is 0 Å². The fourth-order valence-electron chi connectivity index (χ4n) is 2.35. The number of aromatic amines is 1. The third-order valence-electron chi connectivity index (χ3n) is 3.45. The van der Waals surface area contributed by atoms with E-state index < -0.39 is 0 Å². The molecule has 0 amide bonds. The molecular formula is C16H19N3O. The maximum absolute atomic E-state index is 5.34. The zero-order chi connectivity index (χ0) is 13.8. The van der Waals surface area contributed by atoms with Gasteiger partial charge in [-0.2, -0.15) is 0 Å². The Balaban J connectivity index is 1.72.